The molecule has 1 unspecified atom stereocenters. The molecular formula is C19H17Cl2NO3. The van der Waals surface area contributed by atoms with E-state index in [1.807, 2.05) is 24.3 Å². The van der Waals surface area contributed by atoms with E-state index in [0.29, 0.717) is 28.6 Å². The molecular weight excluding hydrogens is 361 g/mol. The van der Waals surface area contributed by atoms with Crippen LogP contribution in [0.25, 0.3) is 0 Å². The highest BCUT2D eigenvalue weighted by Gasteiger charge is 2.35. The lowest BCUT2D eigenvalue weighted by Crippen LogP contribution is -2.49. The van der Waals surface area contributed by atoms with E-state index in [1.54, 1.807) is 23.1 Å². The van der Waals surface area contributed by atoms with Gasteiger partial charge in [0.05, 0.1) is 13.5 Å². The van der Waals surface area contributed by atoms with Gasteiger partial charge in [0.1, 0.15) is 6.04 Å². The number of halogens is 2. The molecule has 6 heteroatoms. The molecule has 3 rings (SSSR count). The quantitative estimate of drug-likeness (QED) is 0.766. The number of nitrogens with zero attached hydrogens (tertiary/aromatic N) is 1. The summed E-state index contributed by atoms with van der Waals surface area (Å²) >= 11 is 12.3. The molecule has 0 saturated heterocycles. The van der Waals surface area contributed by atoms with Crippen LogP contribution in [-0.2, 0) is 33.7 Å². The Morgan fingerprint density at radius 2 is 1.72 bits per heavy atom. The van der Waals surface area contributed by atoms with Crippen LogP contribution in [0, 0.1) is 0 Å². The Morgan fingerprint density at radius 1 is 1.08 bits per heavy atom. The van der Waals surface area contributed by atoms with Gasteiger partial charge in [0, 0.05) is 23.0 Å². The zero-order valence-corrected chi connectivity index (χ0v) is 15.2. The summed E-state index contributed by atoms with van der Waals surface area (Å²) in [6.45, 7) is 0.358. The summed E-state index contributed by atoms with van der Waals surface area (Å²) < 4.78 is 4.90. The molecule has 0 N–H and O–H groups in total. The lowest BCUT2D eigenvalue weighted by molar-refractivity contribution is -0.153. The smallest absolute Gasteiger partial charge is 0.328 e. The Kier molecular flexibility index (Phi) is 5.30. The largest absolute Gasteiger partial charge is 0.467 e. The second-order valence-corrected chi connectivity index (χ2v) is 6.72. The van der Waals surface area contributed by atoms with E-state index in [-0.39, 0.29) is 12.3 Å². The predicted molar refractivity (Wildman–Crippen MR) is 96.7 cm³/mol. The van der Waals surface area contributed by atoms with Crippen LogP contribution in [0.15, 0.2) is 42.5 Å². The Hall–Kier alpha value is -2.04. The molecule has 2 aromatic rings. The number of benzene rings is 2. The number of amides is 1. The zero-order valence-electron chi connectivity index (χ0n) is 13.7. The lowest BCUT2D eigenvalue weighted by Gasteiger charge is -2.35. The third-order valence-electron chi connectivity index (χ3n) is 4.43. The fourth-order valence-corrected chi connectivity index (χ4v) is 3.62. The van der Waals surface area contributed by atoms with Crippen molar-refractivity contribution in [1.82, 2.24) is 4.90 Å². The van der Waals surface area contributed by atoms with Gasteiger partial charge in [-0.2, -0.15) is 0 Å². The Balaban J connectivity index is 1.90. The molecule has 1 aliphatic heterocycles. The molecule has 4 nitrogen and oxygen atoms in total. The summed E-state index contributed by atoms with van der Waals surface area (Å²) in [7, 11) is 1.33. The number of ether oxygens (including phenoxy) is 1. The summed E-state index contributed by atoms with van der Waals surface area (Å²) in [6.07, 6.45) is 0.471. The molecule has 1 aliphatic rings. The van der Waals surface area contributed by atoms with E-state index >= 15 is 0 Å². The van der Waals surface area contributed by atoms with Gasteiger partial charge in [-0.25, -0.2) is 4.79 Å². The fraction of sp³-hybridized carbons (Fsp3) is 0.263. The number of carbonyl (C=O) groups is 2. The second kappa shape index (κ2) is 7.46. The van der Waals surface area contributed by atoms with E-state index in [1.165, 1.54) is 7.11 Å². The number of carbonyl (C=O) groups excluding carboxylic acids is 2. The van der Waals surface area contributed by atoms with Crippen LogP contribution in [0.4, 0.5) is 0 Å². The number of fused-ring (bicyclic) bond motifs is 1. The molecule has 0 spiro atoms. The molecule has 0 aliphatic carbocycles. The molecule has 0 aromatic heterocycles. The normalized spacial score (nSPS) is 16.3. The molecule has 1 amide bonds. The van der Waals surface area contributed by atoms with Crippen molar-refractivity contribution >= 4 is 35.1 Å². The van der Waals surface area contributed by atoms with Crippen LogP contribution in [0.2, 0.25) is 10.0 Å². The maximum absolute atomic E-state index is 12.9. The monoisotopic (exact) mass is 377 g/mol. The van der Waals surface area contributed by atoms with E-state index < -0.39 is 12.0 Å². The van der Waals surface area contributed by atoms with Crippen molar-refractivity contribution in [2.75, 3.05) is 7.11 Å². The van der Waals surface area contributed by atoms with E-state index in [4.69, 9.17) is 27.9 Å². The van der Waals surface area contributed by atoms with Crippen molar-refractivity contribution in [3.05, 3.63) is 69.2 Å². The third kappa shape index (κ3) is 3.65. The average molecular weight is 378 g/mol. The first kappa shape index (κ1) is 17.8. The van der Waals surface area contributed by atoms with Crippen molar-refractivity contribution in [1.29, 1.82) is 0 Å². The van der Waals surface area contributed by atoms with Crippen LogP contribution < -0.4 is 0 Å². The molecule has 1 atom stereocenters. The average Bonchev–Trinajstić information content (AvgIpc) is 2.63. The minimum atomic E-state index is -0.645. The fourth-order valence-electron chi connectivity index (χ4n) is 3.09. The molecule has 1 heterocycles. The van der Waals surface area contributed by atoms with Crippen molar-refractivity contribution in [3.63, 3.8) is 0 Å². The SMILES string of the molecule is COC(=O)C1Cc2ccccc2CN1C(=O)Cc1c(Cl)cccc1Cl. The standard InChI is InChI=1S/C19H17Cl2NO3/c1-25-19(24)17-9-12-5-2-3-6-13(12)11-22(17)18(23)10-14-15(20)7-4-8-16(14)21/h2-8,17H,9-11H2,1H3. The van der Waals surface area contributed by atoms with Gasteiger partial charge < -0.3 is 9.64 Å². The first-order valence-electron chi connectivity index (χ1n) is 7.88. The molecule has 25 heavy (non-hydrogen) atoms. The first-order valence-corrected chi connectivity index (χ1v) is 8.64. The van der Waals surface area contributed by atoms with Gasteiger partial charge in [0.25, 0.3) is 0 Å². The number of hydrogen-bond acceptors (Lipinski definition) is 3. The number of rotatable bonds is 3. The van der Waals surface area contributed by atoms with Crippen molar-refractivity contribution in [3.8, 4) is 0 Å². The van der Waals surface area contributed by atoms with Crippen LogP contribution >= 0.6 is 23.2 Å². The maximum atomic E-state index is 12.9. The highest BCUT2D eigenvalue weighted by atomic mass is 35.5. The van der Waals surface area contributed by atoms with Gasteiger partial charge in [-0.1, -0.05) is 53.5 Å². The molecule has 0 fully saturated rings. The zero-order chi connectivity index (χ0) is 18.0. The second-order valence-electron chi connectivity index (χ2n) is 5.91. The van der Waals surface area contributed by atoms with Gasteiger partial charge in [0.15, 0.2) is 0 Å². The summed E-state index contributed by atoms with van der Waals surface area (Å²) in [4.78, 5) is 26.7. The number of esters is 1. The van der Waals surface area contributed by atoms with Gasteiger partial charge in [-0.3, -0.25) is 4.79 Å². The van der Waals surface area contributed by atoms with E-state index in [2.05, 4.69) is 0 Å². The first-order chi connectivity index (χ1) is 12.0. The van der Waals surface area contributed by atoms with Gasteiger partial charge in [-0.15, -0.1) is 0 Å². The van der Waals surface area contributed by atoms with Crippen molar-refractivity contribution in [2.24, 2.45) is 0 Å². The summed E-state index contributed by atoms with van der Waals surface area (Å²) in [5.41, 5.74) is 2.65. The Labute approximate surface area is 156 Å². The highest BCUT2D eigenvalue weighted by molar-refractivity contribution is 6.36. The number of hydrogen-bond donors (Lipinski definition) is 0. The topological polar surface area (TPSA) is 46.6 Å². The Bertz CT molecular complexity index is 802. The maximum Gasteiger partial charge on any atom is 0.328 e. The van der Waals surface area contributed by atoms with Crippen LogP contribution in [0.5, 0.6) is 0 Å². The third-order valence-corrected chi connectivity index (χ3v) is 5.14. The molecule has 0 bridgehead atoms. The van der Waals surface area contributed by atoms with Crippen molar-refractivity contribution < 1.29 is 14.3 Å². The van der Waals surface area contributed by atoms with Crippen LogP contribution in [0.1, 0.15) is 16.7 Å². The summed E-state index contributed by atoms with van der Waals surface area (Å²) in [6, 6.07) is 12.3. The van der Waals surface area contributed by atoms with Crippen LogP contribution in [0.3, 0.4) is 0 Å². The predicted octanol–water partition coefficient (Wildman–Crippen LogP) is 3.66. The molecule has 130 valence electrons. The van der Waals surface area contributed by atoms with Gasteiger partial charge in [0.2, 0.25) is 5.91 Å². The molecule has 0 radical (unpaired) electrons. The molecule has 2 aromatic carbocycles. The van der Waals surface area contributed by atoms with Crippen LogP contribution in [-0.4, -0.2) is 29.9 Å². The minimum absolute atomic E-state index is 0.0359. The van der Waals surface area contributed by atoms with Crippen molar-refractivity contribution in [2.45, 2.75) is 25.4 Å². The molecule has 0 saturated carbocycles. The highest BCUT2D eigenvalue weighted by Crippen LogP contribution is 2.28. The van der Waals surface area contributed by atoms with E-state index in [9.17, 15) is 9.59 Å². The minimum Gasteiger partial charge on any atom is -0.467 e. The summed E-state index contributed by atoms with van der Waals surface area (Å²) in [5, 5.41) is 0.876. The lowest BCUT2D eigenvalue weighted by atomic mass is 9.93. The number of methoxy groups -OCH3 is 1. The van der Waals surface area contributed by atoms with E-state index in [0.717, 1.165) is 11.1 Å². The summed E-state index contributed by atoms with van der Waals surface area (Å²) in [5.74, 6) is -0.631. The van der Waals surface area contributed by atoms with Gasteiger partial charge in [-0.05, 0) is 28.8 Å². The Morgan fingerprint density at radius 3 is 2.36 bits per heavy atom. The van der Waals surface area contributed by atoms with Gasteiger partial charge >= 0.3 is 5.97 Å².